The number of hydrogen-bond acceptors (Lipinski definition) is 8. The molecule has 0 radical (unpaired) electrons. The maximum Gasteiger partial charge on any atom is 0.232 e. The highest BCUT2D eigenvalue weighted by Crippen LogP contribution is 2.28. The van der Waals surface area contributed by atoms with E-state index in [1.165, 1.54) is 0 Å². The zero-order chi connectivity index (χ0) is 27.8. The molecule has 0 saturated carbocycles. The second kappa shape index (κ2) is 13.5. The number of para-hydroxylation sites is 1. The third-order valence-corrected chi connectivity index (χ3v) is 4.73. The van der Waals surface area contributed by atoms with Gasteiger partial charge in [0.05, 0.1) is 33.1 Å². The number of aromatic nitrogens is 3. The van der Waals surface area contributed by atoms with Crippen molar-refractivity contribution in [2.75, 3.05) is 5.32 Å². The zero-order valence-corrected chi connectivity index (χ0v) is 25.1. The smallest absolute Gasteiger partial charge is 0.232 e. The van der Waals surface area contributed by atoms with E-state index in [0.717, 1.165) is 12.8 Å². The van der Waals surface area contributed by atoms with Crippen molar-refractivity contribution in [3.63, 3.8) is 0 Å². The Kier molecular flexibility index (Phi) is 12.3. The molecular weight excluding hydrogens is 527 g/mol. The molecule has 0 aliphatic heterocycles. The zero-order valence-electron chi connectivity index (χ0n) is 22.8. The monoisotopic (exact) mass is 564 g/mol. The summed E-state index contributed by atoms with van der Waals surface area (Å²) in [5.74, 6) is 0.248. The minimum absolute atomic E-state index is 0.0227. The largest absolute Gasteiger partial charge is 0.323 e. The van der Waals surface area contributed by atoms with Crippen LogP contribution in [0.15, 0.2) is 24.3 Å². The van der Waals surface area contributed by atoms with Crippen LogP contribution in [0.4, 0.5) is 11.6 Å². The first-order valence-electron chi connectivity index (χ1n) is 11.6. The van der Waals surface area contributed by atoms with E-state index in [0.29, 0.717) is 10.7 Å². The van der Waals surface area contributed by atoms with Crippen LogP contribution < -0.4 is 5.32 Å². The standard InChI is InChI=1S/C16H34O4.C9H5Cl3N4/c1-13(2,3)17-19-15(7,8)11-12-16(9,10)20-18-14(4,5)6;10-5-3-1-2-4-6(5)13-9-15-7(11)14-8(12)16-9/h11-12H2,1-10H3;1-4H,(H,13,14,15,16). The summed E-state index contributed by atoms with van der Waals surface area (Å²) < 4.78 is 0. The molecule has 2 aromatic rings. The SMILES string of the molecule is CC(C)(C)OOC(C)(C)CCC(C)(C)OOC(C)(C)C.Clc1nc(Cl)nc(Nc2ccccc2Cl)n1. The van der Waals surface area contributed by atoms with Crippen molar-refractivity contribution in [3.05, 3.63) is 39.9 Å². The normalized spacial score (nSPS) is 12.7. The van der Waals surface area contributed by atoms with Gasteiger partial charge < -0.3 is 5.32 Å². The van der Waals surface area contributed by atoms with E-state index in [9.17, 15) is 0 Å². The Morgan fingerprint density at radius 3 is 1.44 bits per heavy atom. The van der Waals surface area contributed by atoms with E-state index in [4.69, 9.17) is 54.4 Å². The third kappa shape index (κ3) is 15.1. The molecule has 1 heterocycles. The van der Waals surface area contributed by atoms with Crippen LogP contribution in [0.2, 0.25) is 15.6 Å². The minimum atomic E-state index is -0.365. The molecule has 0 unspecified atom stereocenters. The molecular formula is C25H39Cl3N4O4. The third-order valence-electron chi connectivity index (χ3n) is 4.06. The van der Waals surface area contributed by atoms with Gasteiger partial charge in [-0.05, 0) is 117 Å². The van der Waals surface area contributed by atoms with E-state index >= 15 is 0 Å². The minimum Gasteiger partial charge on any atom is -0.323 e. The molecule has 0 aliphatic rings. The van der Waals surface area contributed by atoms with Crippen molar-refractivity contribution in [2.24, 2.45) is 0 Å². The van der Waals surface area contributed by atoms with E-state index < -0.39 is 0 Å². The summed E-state index contributed by atoms with van der Waals surface area (Å²) in [6, 6.07) is 7.18. The van der Waals surface area contributed by atoms with Crippen LogP contribution in [0.3, 0.4) is 0 Å². The fourth-order valence-corrected chi connectivity index (χ4v) is 2.77. The van der Waals surface area contributed by atoms with Crippen LogP contribution in [-0.2, 0) is 19.6 Å². The molecule has 0 saturated heterocycles. The molecule has 0 fully saturated rings. The van der Waals surface area contributed by atoms with Crippen LogP contribution in [0.1, 0.15) is 82.1 Å². The highest BCUT2D eigenvalue weighted by molar-refractivity contribution is 6.33. The molecule has 1 N–H and O–H groups in total. The van der Waals surface area contributed by atoms with Gasteiger partial charge in [0.1, 0.15) is 0 Å². The van der Waals surface area contributed by atoms with Gasteiger partial charge >= 0.3 is 0 Å². The Morgan fingerprint density at radius 2 is 1.06 bits per heavy atom. The average molecular weight is 566 g/mol. The van der Waals surface area contributed by atoms with Crippen molar-refractivity contribution in [1.29, 1.82) is 0 Å². The van der Waals surface area contributed by atoms with Crippen molar-refractivity contribution in [1.82, 2.24) is 15.0 Å². The van der Waals surface area contributed by atoms with Gasteiger partial charge in [0.15, 0.2) is 0 Å². The van der Waals surface area contributed by atoms with Crippen LogP contribution in [0.5, 0.6) is 0 Å². The lowest BCUT2D eigenvalue weighted by Crippen LogP contribution is -2.35. The van der Waals surface area contributed by atoms with E-state index in [2.05, 4.69) is 20.3 Å². The predicted molar refractivity (Wildman–Crippen MR) is 146 cm³/mol. The molecule has 11 heteroatoms. The first kappa shape index (κ1) is 32.8. The highest BCUT2D eigenvalue weighted by Gasteiger charge is 2.30. The van der Waals surface area contributed by atoms with Gasteiger partial charge in [-0.2, -0.15) is 15.0 Å². The van der Waals surface area contributed by atoms with Crippen molar-refractivity contribution in [2.45, 2.75) is 104 Å². The summed E-state index contributed by atoms with van der Waals surface area (Å²) in [6.45, 7) is 19.8. The summed E-state index contributed by atoms with van der Waals surface area (Å²) in [5.41, 5.74) is -0.676. The Balaban J connectivity index is 0.000000367. The van der Waals surface area contributed by atoms with Gasteiger partial charge in [0.2, 0.25) is 16.5 Å². The Labute approximate surface area is 230 Å². The molecule has 2 rings (SSSR count). The van der Waals surface area contributed by atoms with Crippen LogP contribution in [0.25, 0.3) is 0 Å². The van der Waals surface area contributed by atoms with Crippen molar-refractivity contribution < 1.29 is 19.6 Å². The highest BCUT2D eigenvalue weighted by atomic mass is 35.5. The number of halogens is 3. The van der Waals surface area contributed by atoms with E-state index in [-0.39, 0.29) is 38.9 Å². The second-order valence-corrected chi connectivity index (χ2v) is 12.5. The van der Waals surface area contributed by atoms with Crippen molar-refractivity contribution >= 4 is 46.4 Å². The molecule has 1 aromatic carbocycles. The molecule has 1 aromatic heterocycles. The van der Waals surface area contributed by atoms with Crippen LogP contribution in [-0.4, -0.2) is 37.4 Å². The lowest BCUT2D eigenvalue weighted by Gasteiger charge is -2.33. The van der Waals surface area contributed by atoms with Gasteiger partial charge in [-0.15, -0.1) is 0 Å². The number of nitrogens with zero attached hydrogens (tertiary/aromatic N) is 3. The van der Waals surface area contributed by atoms with Gasteiger partial charge in [-0.25, -0.2) is 19.6 Å². The summed E-state index contributed by atoms with van der Waals surface area (Å²) in [6.07, 6.45) is 1.62. The second-order valence-electron chi connectivity index (χ2n) is 11.4. The maximum atomic E-state index is 5.95. The Hall–Kier alpha value is -1.26. The fraction of sp³-hybridized carbons (Fsp3) is 0.640. The quantitative estimate of drug-likeness (QED) is 0.239. The maximum absolute atomic E-state index is 5.95. The molecule has 36 heavy (non-hydrogen) atoms. The fourth-order valence-electron chi connectivity index (χ4n) is 2.23. The molecule has 0 spiro atoms. The first-order valence-corrected chi connectivity index (χ1v) is 12.7. The van der Waals surface area contributed by atoms with Crippen LogP contribution >= 0.6 is 34.8 Å². The molecule has 0 aliphatic carbocycles. The summed E-state index contributed by atoms with van der Waals surface area (Å²) in [5, 5.41) is 3.49. The lowest BCUT2D eigenvalue weighted by atomic mass is 9.94. The molecule has 0 atom stereocenters. The number of hydrogen-bond donors (Lipinski definition) is 1. The first-order chi connectivity index (χ1) is 16.3. The molecule has 0 bridgehead atoms. The van der Waals surface area contributed by atoms with Crippen molar-refractivity contribution in [3.8, 4) is 0 Å². The summed E-state index contributed by atoms with van der Waals surface area (Å²) >= 11 is 17.2. The molecule has 0 amide bonds. The van der Waals surface area contributed by atoms with E-state index in [1.807, 2.05) is 81.4 Å². The number of rotatable bonds is 9. The van der Waals surface area contributed by atoms with Crippen LogP contribution in [0, 0.1) is 0 Å². The number of anilines is 2. The molecule has 204 valence electrons. The topological polar surface area (TPSA) is 87.6 Å². The number of benzene rings is 1. The average Bonchev–Trinajstić information content (AvgIpc) is 2.71. The van der Waals surface area contributed by atoms with Gasteiger partial charge in [0.25, 0.3) is 0 Å². The summed E-state index contributed by atoms with van der Waals surface area (Å²) in [4.78, 5) is 33.2. The number of nitrogens with one attached hydrogen (secondary N) is 1. The molecule has 8 nitrogen and oxygen atoms in total. The Bertz CT molecular complexity index is 911. The predicted octanol–water partition coefficient (Wildman–Crippen LogP) is 8.39. The Morgan fingerprint density at radius 1 is 0.639 bits per heavy atom. The van der Waals surface area contributed by atoms with Gasteiger partial charge in [-0.1, -0.05) is 23.7 Å². The van der Waals surface area contributed by atoms with E-state index in [1.54, 1.807) is 12.1 Å². The van der Waals surface area contributed by atoms with Gasteiger partial charge in [0, 0.05) is 0 Å². The summed E-state index contributed by atoms with van der Waals surface area (Å²) in [7, 11) is 0. The van der Waals surface area contributed by atoms with Gasteiger partial charge in [-0.3, -0.25) is 0 Å². The lowest BCUT2D eigenvalue weighted by molar-refractivity contribution is -0.410.